The molecule has 77 heavy (non-hydrogen) atoms. The van der Waals surface area contributed by atoms with Crippen molar-refractivity contribution in [3.63, 3.8) is 0 Å². The Hall–Kier alpha value is -4.89. The number of hydrogen-bond donors (Lipinski definition) is 2. The number of allylic oxidation sites excluding steroid dienone is 30. The highest BCUT2D eigenvalue weighted by Crippen LogP contribution is 2.43. The summed E-state index contributed by atoms with van der Waals surface area (Å²) in [6.45, 7) is 3.42. The summed E-state index contributed by atoms with van der Waals surface area (Å²) in [5.74, 6) is -0.895. The van der Waals surface area contributed by atoms with Gasteiger partial charge >= 0.3 is 19.8 Å². The third-order valence-corrected chi connectivity index (χ3v) is 12.3. The summed E-state index contributed by atoms with van der Waals surface area (Å²) in [6.07, 6.45) is 90.9. The number of phosphoric acid groups is 1. The fourth-order valence-electron chi connectivity index (χ4n) is 7.04. The van der Waals surface area contributed by atoms with Crippen LogP contribution in [0.2, 0.25) is 0 Å². The second-order valence-corrected chi connectivity index (χ2v) is 19.8. The van der Waals surface area contributed by atoms with E-state index in [0.717, 1.165) is 154 Å². The normalized spacial score (nSPS) is 14.4. The molecule has 0 spiro atoms. The van der Waals surface area contributed by atoms with Crippen LogP contribution >= 0.6 is 7.82 Å². The zero-order valence-corrected chi connectivity index (χ0v) is 48.7. The number of rotatable bonds is 52. The minimum atomic E-state index is -4.41. The van der Waals surface area contributed by atoms with Crippen molar-refractivity contribution in [3.05, 3.63) is 182 Å². The molecular weight excluding hydrogens is 978 g/mol. The van der Waals surface area contributed by atoms with Gasteiger partial charge in [0.15, 0.2) is 6.10 Å². The minimum absolute atomic E-state index is 0.0358. The molecule has 10 heteroatoms. The molecule has 0 aliphatic rings. The molecule has 0 aliphatic carbocycles. The Kier molecular flexibility index (Phi) is 56.5. The standard InChI is InChI=1S/C67H104NO8P/c1-3-5-7-9-11-13-15-17-19-21-22-23-24-25-26-27-28-29-30-31-32-33-34-35-36-37-38-39-40-41-42-44-46-48-50-52-54-56-58-60-67(70)76-65(64-75-77(71,72)74-62-61-68)63-73-66(69)59-57-55-53-51-49-47-45-43-20-18-16-14-12-10-8-6-4-2/h5-8,11-14,17-20,22-23,25-26,28-29,31-32,34-35,37-38,40-41,44-47,65H,3-4,9-10,15-16,21,24,27,30,33,36,39,42-43,48-64,68H2,1-2H3,(H,71,72)/b7-5-,8-6-,13-11-,14-12-,19-17-,20-18-,23-22-,26-25-,29-28-,32-31-,35-34-,38-37-,41-40-,46-44-,47-45-. The summed E-state index contributed by atoms with van der Waals surface area (Å²) in [6, 6.07) is 0. The van der Waals surface area contributed by atoms with E-state index in [1.54, 1.807) is 0 Å². The van der Waals surface area contributed by atoms with Gasteiger partial charge in [-0.2, -0.15) is 0 Å². The molecule has 0 radical (unpaired) electrons. The van der Waals surface area contributed by atoms with Gasteiger partial charge in [0, 0.05) is 19.4 Å². The molecule has 0 aromatic rings. The van der Waals surface area contributed by atoms with Crippen LogP contribution in [0.4, 0.5) is 0 Å². The number of unbranched alkanes of at least 4 members (excludes halogenated alkanes) is 9. The van der Waals surface area contributed by atoms with E-state index in [2.05, 4.69) is 196 Å². The van der Waals surface area contributed by atoms with Crippen LogP contribution in [-0.4, -0.2) is 49.3 Å². The predicted molar refractivity (Wildman–Crippen MR) is 329 cm³/mol. The molecule has 430 valence electrons. The molecule has 3 N–H and O–H groups in total. The summed E-state index contributed by atoms with van der Waals surface area (Å²) in [5.41, 5.74) is 5.37. The summed E-state index contributed by atoms with van der Waals surface area (Å²) in [7, 11) is -4.41. The highest BCUT2D eigenvalue weighted by Gasteiger charge is 2.26. The van der Waals surface area contributed by atoms with Gasteiger partial charge in [-0.05, 0) is 135 Å². The lowest BCUT2D eigenvalue weighted by molar-refractivity contribution is -0.161. The smallest absolute Gasteiger partial charge is 0.462 e. The molecule has 0 aromatic carbocycles. The van der Waals surface area contributed by atoms with Gasteiger partial charge in [0.05, 0.1) is 13.2 Å². The van der Waals surface area contributed by atoms with Crippen molar-refractivity contribution in [2.45, 2.75) is 200 Å². The first-order valence-corrected chi connectivity index (χ1v) is 30.8. The molecule has 2 atom stereocenters. The zero-order valence-electron chi connectivity index (χ0n) is 47.9. The fourth-order valence-corrected chi connectivity index (χ4v) is 7.81. The van der Waals surface area contributed by atoms with E-state index < -0.39 is 32.5 Å². The highest BCUT2D eigenvalue weighted by molar-refractivity contribution is 7.47. The van der Waals surface area contributed by atoms with Gasteiger partial charge in [-0.25, -0.2) is 4.57 Å². The second kappa shape index (κ2) is 60.3. The van der Waals surface area contributed by atoms with Crippen LogP contribution in [0, 0.1) is 0 Å². The van der Waals surface area contributed by atoms with Gasteiger partial charge in [-0.3, -0.25) is 18.6 Å². The quantitative estimate of drug-likeness (QED) is 0.0264. The summed E-state index contributed by atoms with van der Waals surface area (Å²) in [5, 5.41) is 0. The van der Waals surface area contributed by atoms with Crippen LogP contribution in [0.3, 0.4) is 0 Å². The average Bonchev–Trinajstić information content (AvgIpc) is 3.42. The van der Waals surface area contributed by atoms with Gasteiger partial charge in [0.25, 0.3) is 0 Å². The Morgan fingerprint density at radius 1 is 0.390 bits per heavy atom. The van der Waals surface area contributed by atoms with E-state index in [1.165, 1.54) is 0 Å². The molecular formula is C67H104NO8P. The molecule has 0 saturated carbocycles. The molecule has 9 nitrogen and oxygen atoms in total. The maximum absolute atomic E-state index is 12.7. The predicted octanol–water partition coefficient (Wildman–Crippen LogP) is 18.8. The summed E-state index contributed by atoms with van der Waals surface area (Å²) in [4.78, 5) is 35.1. The minimum Gasteiger partial charge on any atom is -0.462 e. The molecule has 2 unspecified atom stereocenters. The van der Waals surface area contributed by atoms with Crippen LogP contribution in [-0.2, 0) is 32.7 Å². The van der Waals surface area contributed by atoms with Crippen LogP contribution in [0.15, 0.2) is 182 Å². The number of ether oxygens (including phenoxy) is 2. The van der Waals surface area contributed by atoms with Crippen LogP contribution in [0.25, 0.3) is 0 Å². The summed E-state index contributed by atoms with van der Waals surface area (Å²) < 4.78 is 32.9. The molecule has 0 fully saturated rings. The number of phosphoric ester groups is 1. The van der Waals surface area contributed by atoms with E-state index in [4.69, 9.17) is 24.3 Å². The molecule has 0 rings (SSSR count). The average molecular weight is 1080 g/mol. The number of carbonyl (C=O) groups excluding carboxylic acids is 2. The van der Waals surface area contributed by atoms with Crippen LogP contribution < -0.4 is 5.73 Å². The Morgan fingerprint density at radius 3 is 1.00 bits per heavy atom. The van der Waals surface area contributed by atoms with Crippen molar-refractivity contribution in [3.8, 4) is 0 Å². The van der Waals surface area contributed by atoms with E-state index >= 15 is 0 Å². The molecule has 0 aliphatic heterocycles. The fraction of sp³-hybridized carbons (Fsp3) is 0.522. The van der Waals surface area contributed by atoms with E-state index in [9.17, 15) is 19.0 Å². The zero-order chi connectivity index (χ0) is 55.9. The molecule has 0 heterocycles. The molecule has 0 saturated heterocycles. The number of hydrogen-bond acceptors (Lipinski definition) is 8. The first-order chi connectivity index (χ1) is 37.8. The Balaban J connectivity index is 4.10. The third kappa shape index (κ3) is 60.2. The van der Waals surface area contributed by atoms with E-state index in [-0.39, 0.29) is 32.6 Å². The largest absolute Gasteiger partial charge is 0.472 e. The Bertz CT molecular complexity index is 1910. The Labute approximate surface area is 469 Å². The lowest BCUT2D eigenvalue weighted by atomic mass is 10.1. The number of esters is 2. The van der Waals surface area contributed by atoms with Gasteiger partial charge in [0.1, 0.15) is 6.61 Å². The maximum atomic E-state index is 12.7. The van der Waals surface area contributed by atoms with Gasteiger partial charge < -0.3 is 20.1 Å². The van der Waals surface area contributed by atoms with Crippen LogP contribution in [0.5, 0.6) is 0 Å². The first kappa shape index (κ1) is 72.1. The number of carbonyl (C=O) groups is 2. The van der Waals surface area contributed by atoms with Crippen LogP contribution in [0.1, 0.15) is 194 Å². The highest BCUT2D eigenvalue weighted by atomic mass is 31.2. The van der Waals surface area contributed by atoms with E-state index in [1.807, 2.05) is 0 Å². The maximum Gasteiger partial charge on any atom is 0.472 e. The molecule has 0 aromatic heterocycles. The first-order valence-electron chi connectivity index (χ1n) is 29.3. The lowest BCUT2D eigenvalue weighted by Gasteiger charge is -2.19. The number of nitrogens with two attached hydrogens (primary N) is 1. The van der Waals surface area contributed by atoms with Crippen molar-refractivity contribution in [2.24, 2.45) is 5.73 Å². The van der Waals surface area contributed by atoms with E-state index in [0.29, 0.717) is 12.8 Å². The monoisotopic (exact) mass is 1080 g/mol. The third-order valence-electron chi connectivity index (χ3n) is 11.3. The van der Waals surface area contributed by atoms with Crippen molar-refractivity contribution >= 4 is 19.8 Å². The van der Waals surface area contributed by atoms with Crippen molar-refractivity contribution in [2.75, 3.05) is 26.4 Å². The summed E-state index contributed by atoms with van der Waals surface area (Å²) >= 11 is 0. The molecule has 0 amide bonds. The van der Waals surface area contributed by atoms with Gasteiger partial charge in [-0.15, -0.1) is 0 Å². The topological polar surface area (TPSA) is 134 Å². The lowest BCUT2D eigenvalue weighted by Crippen LogP contribution is -2.29. The SMILES string of the molecule is CC/C=C\C/C=C\C/C=C\C/C=C\C/C=C\C/C=C\C/C=C\C/C=C\C/C=C\C/C=C\C/C=C\CCCCCCCC(=O)OC(COC(=O)CCCCCC/C=C\C/C=C\C/C=C\C/C=C\CC)COP(=O)(O)OCCN. The van der Waals surface area contributed by atoms with Crippen molar-refractivity contribution in [1.29, 1.82) is 0 Å². The second-order valence-electron chi connectivity index (χ2n) is 18.4. The van der Waals surface area contributed by atoms with Gasteiger partial charge in [-0.1, -0.05) is 228 Å². The van der Waals surface area contributed by atoms with Crippen molar-refractivity contribution < 1.29 is 37.6 Å². The molecule has 0 bridgehead atoms. The Morgan fingerprint density at radius 2 is 0.675 bits per heavy atom. The van der Waals surface area contributed by atoms with Gasteiger partial charge in [0.2, 0.25) is 0 Å². The van der Waals surface area contributed by atoms with Crippen molar-refractivity contribution in [1.82, 2.24) is 0 Å².